The normalized spacial score (nSPS) is 43.9. The minimum Gasteiger partial charge on any atom is -0.459 e. The third-order valence-corrected chi connectivity index (χ3v) is 7.78. The van der Waals surface area contributed by atoms with E-state index in [0.717, 1.165) is 30.2 Å². The zero-order valence-electron chi connectivity index (χ0n) is 20.5. The van der Waals surface area contributed by atoms with E-state index in [-0.39, 0.29) is 35.9 Å². The van der Waals surface area contributed by atoms with Gasteiger partial charge in [0, 0.05) is 24.7 Å². The monoisotopic (exact) mass is 495 g/mol. The summed E-state index contributed by atoms with van der Waals surface area (Å²) in [6.07, 6.45) is 8.38. The molecule has 190 valence electrons. The van der Waals surface area contributed by atoms with E-state index >= 15 is 0 Å². The van der Waals surface area contributed by atoms with E-state index in [9.17, 15) is 14.7 Å². The third kappa shape index (κ3) is 6.43. The smallest absolute Gasteiger partial charge is 0.330 e. The quantitative estimate of drug-likeness (QED) is 0.418. The number of carbonyl (C=O) groups is 2. The molecule has 2 N–H and O–H groups in total. The van der Waals surface area contributed by atoms with Crippen LogP contribution in [0.15, 0.2) is 23.8 Å². The summed E-state index contributed by atoms with van der Waals surface area (Å²) in [6, 6.07) is -0.533. The highest BCUT2D eigenvalue weighted by molar-refractivity contribution is 8.14. The van der Waals surface area contributed by atoms with Gasteiger partial charge in [-0.05, 0) is 52.4 Å². The van der Waals surface area contributed by atoms with Crippen molar-refractivity contribution >= 4 is 23.0 Å². The van der Waals surface area contributed by atoms with E-state index in [4.69, 9.17) is 18.9 Å². The fraction of sp³-hybridized carbons (Fsp3) is 0.760. The molecule has 8 nitrogen and oxygen atoms in total. The first-order chi connectivity index (χ1) is 16.0. The summed E-state index contributed by atoms with van der Waals surface area (Å²) < 4.78 is 24.1. The van der Waals surface area contributed by atoms with Crippen LogP contribution in [-0.4, -0.2) is 64.1 Å². The van der Waals surface area contributed by atoms with Crippen LogP contribution in [0.2, 0.25) is 0 Å². The van der Waals surface area contributed by atoms with Crippen molar-refractivity contribution in [2.75, 3.05) is 5.75 Å². The number of thioether (sulfide) groups is 1. The van der Waals surface area contributed by atoms with Crippen molar-refractivity contribution in [1.82, 2.24) is 5.32 Å². The molecule has 0 unspecified atom stereocenters. The highest BCUT2D eigenvalue weighted by Crippen LogP contribution is 2.37. The minimum absolute atomic E-state index is 0.0806. The van der Waals surface area contributed by atoms with Crippen molar-refractivity contribution in [1.29, 1.82) is 0 Å². The molecule has 0 radical (unpaired) electrons. The molecule has 0 aromatic carbocycles. The molecular weight excluding hydrogens is 458 g/mol. The summed E-state index contributed by atoms with van der Waals surface area (Å²) in [5, 5.41) is 13.9. The summed E-state index contributed by atoms with van der Waals surface area (Å²) in [6.45, 7) is 7.89. The van der Waals surface area contributed by atoms with Crippen LogP contribution >= 0.6 is 11.8 Å². The summed E-state index contributed by atoms with van der Waals surface area (Å²) >= 11 is 1.13. The predicted molar refractivity (Wildman–Crippen MR) is 128 cm³/mol. The van der Waals surface area contributed by atoms with E-state index in [0.29, 0.717) is 25.0 Å². The first kappa shape index (κ1) is 25.7. The van der Waals surface area contributed by atoms with Gasteiger partial charge in [-0.3, -0.25) is 4.79 Å². The number of hydrogen-bond acceptors (Lipinski definition) is 8. The van der Waals surface area contributed by atoms with Crippen molar-refractivity contribution in [2.45, 2.75) is 108 Å². The van der Waals surface area contributed by atoms with Gasteiger partial charge in [-0.1, -0.05) is 36.4 Å². The molecule has 0 aromatic heterocycles. The number of nitrogens with one attached hydrogen (secondary N) is 1. The Morgan fingerprint density at radius 1 is 1.09 bits per heavy atom. The molecule has 7 atom stereocenters. The van der Waals surface area contributed by atoms with Gasteiger partial charge in [-0.25, -0.2) is 4.79 Å². The Kier molecular flexibility index (Phi) is 7.79. The van der Waals surface area contributed by atoms with Gasteiger partial charge in [0.2, 0.25) is 0 Å². The van der Waals surface area contributed by atoms with Crippen molar-refractivity contribution in [3.8, 4) is 0 Å². The summed E-state index contributed by atoms with van der Waals surface area (Å²) in [5.74, 6) is -1.95. The van der Waals surface area contributed by atoms with Gasteiger partial charge < -0.3 is 29.4 Å². The van der Waals surface area contributed by atoms with Gasteiger partial charge >= 0.3 is 5.97 Å². The Hall–Kier alpha value is -1.39. The molecule has 0 spiro atoms. The molecule has 34 heavy (non-hydrogen) atoms. The lowest BCUT2D eigenvalue weighted by Crippen LogP contribution is -2.58. The van der Waals surface area contributed by atoms with Crippen LogP contribution in [0, 0.1) is 5.92 Å². The lowest BCUT2D eigenvalue weighted by molar-refractivity contribution is -0.283. The number of allylic oxidation sites excluding steroid dienone is 2. The molecule has 4 aliphatic rings. The Bertz CT molecular complexity index is 843. The highest BCUT2D eigenvalue weighted by Gasteiger charge is 2.49. The number of carbonyl (C=O) groups excluding carboxylic acids is 2. The summed E-state index contributed by atoms with van der Waals surface area (Å²) in [5.41, 5.74) is 0.903. The lowest BCUT2D eigenvalue weighted by atomic mass is 9.90. The van der Waals surface area contributed by atoms with E-state index in [1.54, 1.807) is 0 Å². The van der Waals surface area contributed by atoms with Gasteiger partial charge in [-0.15, -0.1) is 0 Å². The van der Waals surface area contributed by atoms with Crippen LogP contribution in [0.5, 0.6) is 0 Å². The van der Waals surface area contributed by atoms with E-state index in [1.807, 2.05) is 20.8 Å². The fourth-order valence-electron chi connectivity index (χ4n) is 5.14. The van der Waals surface area contributed by atoms with Crippen LogP contribution in [0.3, 0.4) is 0 Å². The Morgan fingerprint density at radius 2 is 1.88 bits per heavy atom. The van der Waals surface area contributed by atoms with E-state index < -0.39 is 29.7 Å². The van der Waals surface area contributed by atoms with Gasteiger partial charge in [0.05, 0.1) is 18.2 Å². The number of amides is 1. The molecular formula is C25H37NO7S. The average Bonchev–Trinajstić information content (AvgIpc) is 3.30. The molecule has 3 fully saturated rings. The van der Waals surface area contributed by atoms with Gasteiger partial charge in [0.1, 0.15) is 12.2 Å². The van der Waals surface area contributed by atoms with Gasteiger partial charge in [-0.2, -0.15) is 0 Å². The molecule has 3 saturated heterocycles. The number of aliphatic hydroxyl groups is 1. The second-order valence-electron chi connectivity index (χ2n) is 10.5. The molecule has 0 aromatic rings. The summed E-state index contributed by atoms with van der Waals surface area (Å²) in [4.78, 5) is 24.4. The maximum absolute atomic E-state index is 12.7. The van der Waals surface area contributed by atoms with Crippen molar-refractivity contribution in [3.63, 3.8) is 0 Å². The van der Waals surface area contributed by atoms with Crippen molar-refractivity contribution in [2.24, 2.45) is 5.92 Å². The average molecular weight is 496 g/mol. The second kappa shape index (κ2) is 10.3. The Morgan fingerprint density at radius 3 is 2.62 bits per heavy atom. The maximum Gasteiger partial charge on any atom is 0.330 e. The standard InChI is InChI=1S/C25H37NO7S/c1-15-5-8-17-12-18(13-25(29,31-17)21-14-34-23(28)26-21)30-22(27)11-16(2)7-10-20-19(9-6-15)32-24(3,4)33-20/h6,9,11,15,17-21,29H,5,7-8,10,12-14H2,1-4H3,(H,26,28)/b9-6-,16-11-/t15-,17+,18+,19-,20-,21-,25+/m0/s1. The minimum atomic E-state index is -1.57. The van der Waals surface area contributed by atoms with Crippen LogP contribution in [0.25, 0.3) is 0 Å². The zero-order valence-corrected chi connectivity index (χ0v) is 21.3. The summed E-state index contributed by atoms with van der Waals surface area (Å²) in [7, 11) is 0. The topological polar surface area (TPSA) is 103 Å². The number of hydrogen-bond donors (Lipinski definition) is 2. The van der Waals surface area contributed by atoms with Gasteiger partial charge in [0.25, 0.3) is 5.24 Å². The Balaban J connectivity index is 1.53. The van der Waals surface area contributed by atoms with E-state index in [2.05, 4.69) is 24.4 Å². The van der Waals surface area contributed by atoms with Crippen molar-refractivity contribution < 1.29 is 33.6 Å². The van der Waals surface area contributed by atoms with Crippen LogP contribution in [0.4, 0.5) is 4.79 Å². The molecule has 4 aliphatic heterocycles. The third-order valence-electron chi connectivity index (χ3n) is 6.90. The zero-order chi connectivity index (χ0) is 24.5. The molecule has 9 heteroatoms. The molecule has 1 amide bonds. The number of esters is 1. The van der Waals surface area contributed by atoms with Crippen LogP contribution in [-0.2, 0) is 23.7 Å². The van der Waals surface area contributed by atoms with E-state index in [1.165, 1.54) is 6.08 Å². The first-order valence-electron chi connectivity index (χ1n) is 12.3. The van der Waals surface area contributed by atoms with Gasteiger partial charge in [0.15, 0.2) is 11.6 Å². The SMILES string of the molecule is C/C1=C/C(=O)O[C@@H]2C[C@@H](CC[C@H](C)/C=C\[C@@H]3OC(C)(C)O[C@H]3CC1)O[C@@](O)([C@@H]1CSC(=O)N1)C2. The number of rotatable bonds is 1. The first-order valence-corrected chi connectivity index (χ1v) is 13.2. The number of fused-ring (bicyclic) bond motifs is 3. The van der Waals surface area contributed by atoms with Crippen LogP contribution < -0.4 is 5.32 Å². The van der Waals surface area contributed by atoms with Crippen molar-refractivity contribution in [3.05, 3.63) is 23.8 Å². The number of ether oxygens (including phenoxy) is 4. The predicted octanol–water partition coefficient (Wildman–Crippen LogP) is 3.82. The Labute approximate surface area is 205 Å². The molecule has 0 aliphatic carbocycles. The fourth-order valence-corrected chi connectivity index (χ4v) is 6.03. The molecule has 4 rings (SSSR count). The highest BCUT2D eigenvalue weighted by atomic mass is 32.2. The lowest BCUT2D eigenvalue weighted by Gasteiger charge is -2.43. The maximum atomic E-state index is 12.7. The second-order valence-corrected chi connectivity index (χ2v) is 11.5. The molecule has 2 bridgehead atoms. The molecule has 4 heterocycles. The molecule has 0 saturated carbocycles. The van der Waals surface area contributed by atoms with Crippen LogP contribution in [0.1, 0.15) is 66.2 Å². The largest absolute Gasteiger partial charge is 0.459 e.